The van der Waals surface area contributed by atoms with Crippen LogP contribution in [0.25, 0.3) is 5.65 Å². The van der Waals surface area contributed by atoms with Gasteiger partial charge in [0.25, 0.3) is 5.91 Å². The number of nitrogens with one attached hydrogen (secondary N) is 1. The fourth-order valence-corrected chi connectivity index (χ4v) is 3.72. The lowest BCUT2D eigenvalue weighted by molar-refractivity contribution is 0.102. The highest BCUT2D eigenvalue weighted by Crippen LogP contribution is 2.30. The number of fused-ring (bicyclic) bond motifs is 1. The van der Waals surface area contributed by atoms with Gasteiger partial charge in [-0.1, -0.05) is 30.3 Å². The molecule has 0 aliphatic rings. The number of hydrogen-bond donors (Lipinski definition) is 1. The first-order valence-corrected chi connectivity index (χ1v) is 9.60. The Balaban J connectivity index is 1.69. The van der Waals surface area contributed by atoms with Crippen LogP contribution in [0.5, 0.6) is 11.5 Å². The highest BCUT2D eigenvalue weighted by Gasteiger charge is 2.19. The van der Waals surface area contributed by atoms with Crippen LogP contribution in [-0.4, -0.2) is 15.3 Å². The Kier molecular flexibility index (Phi) is 4.88. The summed E-state index contributed by atoms with van der Waals surface area (Å²) in [5.74, 6) is 1.03. The van der Waals surface area contributed by atoms with Crippen molar-refractivity contribution < 1.29 is 9.53 Å². The SMILES string of the molecule is Cc1cc(Br)c2nc(C)c(C(=O)Nc3ccccc3Oc3ccccc3)n2c1. The number of para-hydroxylation sites is 3. The van der Waals surface area contributed by atoms with Crippen LogP contribution in [-0.2, 0) is 0 Å². The highest BCUT2D eigenvalue weighted by atomic mass is 79.9. The third kappa shape index (κ3) is 3.51. The van der Waals surface area contributed by atoms with E-state index in [1.165, 1.54) is 0 Å². The number of pyridine rings is 1. The summed E-state index contributed by atoms with van der Waals surface area (Å²) in [4.78, 5) is 17.6. The van der Waals surface area contributed by atoms with Gasteiger partial charge in [-0.3, -0.25) is 9.20 Å². The van der Waals surface area contributed by atoms with E-state index in [1.54, 1.807) is 0 Å². The van der Waals surface area contributed by atoms with Crippen molar-refractivity contribution in [3.63, 3.8) is 0 Å². The predicted molar refractivity (Wildman–Crippen MR) is 113 cm³/mol. The molecule has 140 valence electrons. The summed E-state index contributed by atoms with van der Waals surface area (Å²) in [6.45, 7) is 3.81. The molecule has 2 aromatic carbocycles. The number of benzene rings is 2. The second kappa shape index (κ2) is 7.48. The maximum atomic E-state index is 13.1. The molecule has 5 nitrogen and oxygen atoms in total. The van der Waals surface area contributed by atoms with Gasteiger partial charge < -0.3 is 10.1 Å². The summed E-state index contributed by atoms with van der Waals surface area (Å²) < 4.78 is 8.60. The Hall–Kier alpha value is -3.12. The minimum absolute atomic E-state index is 0.244. The molecule has 0 aliphatic carbocycles. The third-order valence-corrected chi connectivity index (χ3v) is 4.89. The maximum absolute atomic E-state index is 13.1. The Bertz CT molecular complexity index is 1170. The van der Waals surface area contributed by atoms with Crippen molar-refractivity contribution in [1.82, 2.24) is 9.38 Å². The monoisotopic (exact) mass is 435 g/mol. The number of amides is 1. The van der Waals surface area contributed by atoms with Gasteiger partial charge >= 0.3 is 0 Å². The van der Waals surface area contributed by atoms with Gasteiger partial charge in [0, 0.05) is 6.20 Å². The molecular weight excluding hydrogens is 418 g/mol. The Morgan fingerprint density at radius 3 is 2.57 bits per heavy atom. The molecule has 28 heavy (non-hydrogen) atoms. The molecule has 1 N–H and O–H groups in total. The number of aryl methyl sites for hydroxylation is 2. The topological polar surface area (TPSA) is 55.6 Å². The fraction of sp³-hybridized carbons (Fsp3) is 0.0909. The molecule has 0 saturated carbocycles. The largest absolute Gasteiger partial charge is 0.455 e. The molecule has 0 radical (unpaired) electrons. The minimum atomic E-state index is -0.244. The van der Waals surface area contributed by atoms with E-state index in [2.05, 4.69) is 26.2 Å². The molecule has 1 amide bonds. The van der Waals surface area contributed by atoms with Crippen LogP contribution in [0.15, 0.2) is 71.3 Å². The number of carbonyl (C=O) groups is 1. The number of carbonyl (C=O) groups excluding carboxylic acids is 1. The van der Waals surface area contributed by atoms with Crippen LogP contribution in [0.2, 0.25) is 0 Å². The summed E-state index contributed by atoms with van der Waals surface area (Å²) in [5.41, 5.74) is 3.48. The molecule has 0 unspecified atom stereocenters. The van der Waals surface area contributed by atoms with Gasteiger partial charge in [0.15, 0.2) is 11.4 Å². The zero-order valence-electron chi connectivity index (χ0n) is 15.4. The lowest BCUT2D eigenvalue weighted by Gasteiger charge is -2.12. The number of hydrogen-bond acceptors (Lipinski definition) is 3. The number of anilines is 1. The van der Waals surface area contributed by atoms with E-state index in [1.807, 2.05) is 85.1 Å². The summed E-state index contributed by atoms with van der Waals surface area (Å²) in [6, 6.07) is 18.8. The molecule has 0 atom stereocenters. The van der Waals surface area contributed by atoms with Gasteiger partial charge in [0.1, 0.15) is 11.4 Å². The van der Waals surface area contributed by atoms with E-state index >= 15 is 0 Å². The van der Waals surface area contributed by atoms with E-state index in [-0.39, 0.29) is 5.91 Å². The molecule has 2 heterocycles. The van der Waals surface area contributed by atoms with Crippen molar-refractivity contribution in [3.8, 4) is 11.5 Å². The van der Waals surface area contributed by atoms with Crippen molar-refractivity contribution in [2.45, 2.75) is 13.8 Å². The second-order valence-corrected chi connectivity index (χ2v) is 7.32. The molecule has 0 aliphatic heterocycles. The first-order chi connectivity index (χ1) is 13.5. The smallest absolute Gasteiger partial charge is 0.274 e. The van der Waals surface area contributed by atoms with E-state index in [9.17, 15) is 4.79 Å². The lowest BCUT2D eigenvalue weighted by atomic mass is 10.2. The first kappa shape index (κ1) is 18.3. The Morgan fingerprint density at radius 1 is 1.07 bits per heavy atom. The minimum Gasteiger partial charge on any atom is -0.455 e. The number of rotatable bonds is 4. The number of aromatic nitrogens is 2. The molecule has 4 aromatic rings. The fourth-order valence-electron chi connectivity index (χ4n) is 3.08. The summed E-state index contributed by atoms with van der Waals surface area (Å²) in [7, 11) is 0. The van der Waals surface area contributed by atoms with Crippen LogP contribution in [0.3, 0.4) is 0 Å². The van der Waals surface area contributed by atoms with E-state index in [0.29, 0.717) is 34.2 Å². The quantitative estimate of drug-likeness (QED) is 0.443. The number of halogens is 1. The van der Waals surface area contributed by atoms with Crippen molar-refractivity contribution in [2.24, 2.45) is 0 Å². The van der Waals surface area contributed by atoms with Crippen molar-refractivity contribution in [2.75, 3.05) is 5.32 Å². The van der Waals surface area contributed by atoms with Crippen LogP contribution in [0, 0.1) is 13.8 Å². The number of ether oxygens (including phenoxy) is 1. The van der Waals surface area contributed by atoms with Gasteiger partial charge in [-0.15, -0.1) is 0 Å². The Morgan fingerprint density at radius 2 is 1.79 bits per heavy atom. The first-order valence-electron chi connectivity index (χ1n) is 8.81. The van der Waals surface area contributed by atoms with Gasteiger partial charge in [-0.05, 0) is 65.7 Å². The van der Waals surface area contributed by atoms with E-state index in [4.69, 9.17) is 4.74 Å². The van der Waals surface area contributed by atoms with Gasteiger partial charge in [0.05, 0.1) is 15.9 Å². The number of imidazole rings is 1. The highest BCUT2D eigenvalue weighted by molar-refractivity contribution is 9.10. The number of nitrogens with zero attached hydrogens (tertiary/aromatic N) is 2. The predicted octanol–water partition coefficient (Wildman–Crippen LogP) is 5.76. The summed E-state index contributed by atoms with van der Waals surface area (Å²) >= 11 is 3.52. The summed E-state index contributed by atoms with van der Waals surface area (Å²) in [6.07, 6.45) is 1.90. The van der Waals surface area contributed by atoms with Crippen LogP contribution in [0.1, 0.15) is 21.7 Å². The van der Waals surface area contributed by atoms with Crippen molar-refractivity contribution in [1.29, 1.82) is 0 Å². The standard InChI is InChI=1S/C22H18BrN3O2/c1-14-12-17(23)21-24-15(2)20(26(21)13-14)22(27)25-18-10-6-7-11-19(18)28-16-8-4-3-5-9-16/h3-13H,1-2H3,(H,25,27). The van der Waals surface area contributed by atoms with E-state index in [0.717, 1.165) is 10.0 Å². The zero-order valence-corrected chi connectivity index (χ0v) is 17.0. The maximum Gasteiger partial charge on any atom is 0.274 e. The summed E-state index contributed by atoms with van der Waals surface area (Å²) in [5, 5.41) is 2.97. The molecule has 6 heteroatoms. The molecule has 0 bridgehead atoms. The average molecular weight is 436 g/mol. The van der Waals surface area contributed by atoms with E-state index < -0.39 is 0 Å². The lowest BCUT2D eigenvalue weighted by Crippen LogP contribution is -2.16. The van der Waals surface area contributed by atoms with Crippen molar-refractivity contribution in [3.05, 3.63) is 88.3 Å². The zero-order chi connectivity index (χ0) is 19.7. The third-order valence-electron chi connectivity index (χ3n) is 4.31. The average Bonchev–Trinajstić information content (AvgIpc) is 3.00. The second-order valence-electron chi connectivity index (χ2n) is 6.47. The molecule has 0 saturated heterocycles. The van der Waals surface area contributed by atoms with Crippen LogP contribution in [0.4, 0.5) is 5.69 Å². The molecule has 4 rings (SSSR count). The molecular formula is C22H18BrN3O2. The van der Waals surface area contributed by atoms with Gasteiger partial charge in [0.2, 0.25) is 0 Å². The van der Waals surface area contributed by atoms with Crippen molar-refractivity contribution >= 4 is 33.2 Å². The normalized spacial score (nSPS) is 10.8. The van der Waals surface area contributed by atoms with Gasteiger partial charge in [-0.25, -0.2) is 4.98 Å². The molecule has 2 aromatic heterocycles. The molecule has 0 fully saturated rings. The Labute approximate surface area is 171 Å². The molecule has 0 spiro atoms. The van der Waals surface area contributed by atoms with Crippen LogP contribution >= 0.6 is 15.9 Å². The van der Waals surface area contributed by atoms with Crippen LogP contribution < -0.4 is 10.1 Å². The van der Waals surface area contributed by atoms with Gasteiger partial charge in [-0.2, -0.15) is 0 Å².